The Kier molecular flexibility index (Phi) is 5.54. The van der Waals surface area contributed by atoms with E-state index in [1.54, 1.807) is 18.2 Å². The fraction of sp³-hybridized carbons (Fsp3) is 0. The molecule has 0 radical (unpaired) electrons. The minimum absolute atomic E-state index is 0.0694. The number of hydrogen-bond acceptors (Lipinski definition) is 4. The van der Waals surface area contributed by atoms with E-state index in [9.17, 15) is 5.21 Å². The lowest BCUT2D eigenvalue weighted by Gasteiger charge is -1.88. The molecule has 11 heavy (non-hydrogen) atoms. The van der Waals surface area contributed by atoms with E-state index in [4.69, 9.17) is 10.1 Å². The lowest BCUT2D eigenvalue weighted by atomic mass is 10.5. The van der Waals surface area contributed by atoms with Crippen LogP contribution in [0.3, 0.4) is 0 Å². The van der Waals surface area contributed by atoms with Gasteiger partial charge in [0.15, 0.2) is 12.4 Å². The van der Waals surface area contributed by atoms with Gasteiger partial charge >= 0.3 is 6.47 Å². The van der Waals surface area contributed by atoms with E-state index in [-0.39, 0.29) is 6.47 Å². The minimum Gasteiger partial charge on any atom is -0.619 e. The lowest BCUT2D eigenvalue weighted by molar-refractivity contribution is -0.605. The van der Waals surface area contributed by atoms with Crippen molar-refractivity contribution in [1.82, 2.24) is 0 Å². The van der Waals surface area contributed by atoms with E-state index in [1.807, 2.05) is 0 Å². The van der Waals surface area contributed by atoms with Gasteiger partial charge in [0.05, 0.1) is 0 Å². The molecule has 0 unspecified atom stereocenters. The number of carbonyl (C=O) groups excluding carboxylic acids is 1. The van der Waals surface area contributed by atoms with Crippen molar-refractivity contribution in [3.05, 3.63) is 35.8 Å². The number of nitrogens with zero attached hydrogens (tertiary/aromatic N) is 1. The van der Waals surface area contributed by atoms with Gasteiger partial charge in [-0.05, 0) is 0 Å². The van der Waals surface area contributed by atoms with Crippen LogP contribution in [-0.4, -0.2) is 11.7 Å². The fourth-order valence-electron chi connectivity index (χ4n) is 0.383. The van der Waals surface area contributed by atoms with Gasteiger partial charge in [-0.1, -0.05) is 6.07 Å². The highest BCUT2D eigenvalue weighted by Crippen LogP contribution is 1.72. The molecular weight excluding hydrogens is 150 g/mol. The largest absolute Gasteiger partial charge is 0.619 e. The Hall–Kier alpha value is -1.62. The number of carbonyl (C=O) groups is 1. The molecule has 0 amide bonds. The van der Waals surface area contributed by atoms with Crippen molar-refractivity contribution in [2.75, 3.05) is 0 Å². The summed E-state index contributed by atoms with van der Waals surface area (Å²) in [6.07, 6.45) is 2.89. The molecule has 1 N–H and O–H groups in total. The molecule has 0 atom stereocenters. The number of hydrogen-bond donors (Lipinski definition) is 1. The van der Waals surface area contributed by atoms with Crippen molar-refractivity contribution in [1.29, 1.82) is 0 Å². The summed E-state index contributed by atoms with van der Waals surface area (Å²) in [7, 11) is 0. The summed E-state index contributed by atoms with van der Waals surface area (Å²) in [5, 5.41) is 17.2. The van der Waals surface area contributed by atoms with Crippen LogP contribution in [0.2, 0.25) is 0 Å². The van der Waals surface area contributed by atoms with Crippen LogP contribution in [0.4, 0.5) is 0 Å². The van der Waals surface area contributed by atoms with Crippen LogP contribution in [0.15, 0.2) is 30.6 Å². The maximum atomic E-state index is 10.2. The van der Waals surface area contributed by atoms with E-state index in [2.05, 4.69) is 4.89 Å². The normalized spacial score (nSPS) is 7.36. The number of rotatable bonds is 1. The Balaban J connectivity index is 0.000000218. The van der Waals surface area contributed by atoms with E-state index in [1.165, 1.54) is 12.4 Å². The zero-order chi connectivity index (χ0) is 8.53. The lowest BCUT2D eigenvalue weighted by Crippen LogP contribution is -2.22. The van der Waals surface area contributed by atoms with Crippen LogP contribution in [0, 0.1) is 5.21 Å². The van der Waals surface area contributed by atoms with Gasteiger partial charge in [-0.2, -0.15) is 4.73 Å². The molecule has 1 aromatic rings. The van der Waals surface area contributed by atoms with Crippen molar-refractivity contribution in [3.63, 3.8) is 0 Å². The van der Waals surface area contributed by atoms with Gasteiger partial charge in [-0.3, -0.25) is 4.79 Å². The quantitative estimate of drug-likeness (QED) is 0.204. The second-order valence-corrected chi connectivity index (χ2v) is 1.44. The molecule has 0 aliphatic heterocycles. The standard InChI is InChI=1S/C5H5NO.CH2O3/c7-6-4-2-1-3-5-6;2-1-4-3/h1-5H;1,3H. The molecular formula is C6H7NO4. The molecule has 0 spiro atoms. The summed E-state index contributed by atoms with van der Waals surface area (Å²) >= 11 is 0. The molecule has 5 heteroatoms. The van der Waals surface area contributed by atoms with E-state index >= 15 is 0 Å². The highest BCUT2D eigenvalue weighted by Gasteiger charge is 1.75. The zero-order valence-corrected chi connectivity index (χ0v) is 5.58. The molecule has 1 aromatic heterocycles. The molecule has 5 nitrogen and oxygen atoms in total. The van der Waals surface area contributed by atoms with Crippen molar-refractivity contribution in [3.8, 4) is 0 Å². The molecule has 0 aliphatic carbocycles. The van der Waals surface area contributed by atoms with E-state index in [0.29, 0.717) is 0 Å². The maximum absolute atomic E-state index is 10.2. The molecule has 0 aliphatic rings. The SMILES string of the molecule is O=COO.[O-][n+]1ccccc1. The number of aromatic nitrogens is 1. The molecule has 0 fully saturated rings. The summed E-state index contributed by atoms with van der Waals surface area (Å²) in [5.74, 6) is 0. The Morgan fingerprint density at radius 2 is 1.82 bits per heavy atom. The first-order valence-electron chi connectivity index (χ1n) is 2.69. The third-order valence-corrected chi connectivity index (χ3v) is 0.731. The summed E-state index contributed by atoms with van der Waals surface area (Å²) in [6.45, 7) is -0.0694. The Bertz CT molecular complexity index is 189. The van der Waals surface area contributed by atoms with Crippen LogP contribution in [0.1, 0.15) is 0 Å². The van der Waals surface area contributed by atoms with Gasteiger partial charge in [0.25, 0.3) is 0 Å². The van der Waals surface area contributed by atoms with Crippen molar-refractivity contribution in [2.24, 2.45) is 0 Å². The third-order valence-electron chi connectivity index (χ3n) is 0.731. The molecule has 0 saturated carbocycles. The summed E-state index contributed by atoms with van der Waals surface area (Å²) < 4.78 is 0.750. The Labute approximate surface area is 63.0 Å². The first-order chi connectivity index (χ1) is 5.31. The molecule has 0 bridgehead atoms. The zero-order valence-electron chi connectivity index (χ0n) is 5.58. The van der Waals surface area contributed by atoms with Crippen molar-refractivity contribution < 1.29 is 19.7 Å². The first kappa shape index (κ1) is 9.38. The van der Waals surface area contributed by atoms with E-state index < -0.39 is 0 Å². The van der Waals surface area contributed by atoms with E-state index in [0.717, 1.165) is 4.73 Å². The third kappa shape index (κ3) is 6.26. The van der Waals surface area contributed by atoms with Crippen LogP contribution >= 0.6 is 0 Å². The predicted octanol–water partition coefficient (Wildman–Crippen LogP) is -0.0476. The van der Waals surface area contributed by atoms with Crippen LogP contribution < -0.4 is 4.73 Å². The highest BCUT2D eigenvalue weighted by molar-refractivity contribution is 5.35. The number of pyridine rings is 1. The molecule has 0 saturated heterocycles. The van der Waals surface area contributed by atoms with Gasteiger partial charge in [-0.25, -0.2) is 5.26 Å². The van der Waals surface area contributed by atoms with Crippen LogP contribution in [-0.2, 0) is 9.68 Å². The van der Waals surface area contributed by atoms with Gasteiger partial charge in [-0.15, -0.1) is 0 Å². The summed E-state index contributed by atoms with van der Waals surface area (Å²) in [5.41, 5.74) is 0. The molecule has 0 aromatic carbocycles. The maximum Gasteiger partial charge on any atom is 0.330 e. The Morgan fingerprint density at radius 1 is 1.36 bits per heavy atom. The smallest absolute Gasteiger partial charge is 0.330 e. The van der Waals surface area contributed by atoms with Crippen molar-refractivity contribution in [2.45, 2.75) is 0 Å². The van der Waals surface area contributed by atoms with Gasteiger partial charge in [0.1, 0.15) is 0 Å². The fourth-order valence-corrected chi connectivity index (χ4v) is 0.383. The molecule has 60 valence electrons. The molecule has 1 rings (SSSR count). The van der Waals surface area contributed by atoms with Gasteiger partial charge < -0.3 is 10.1 Å². The predicted molar refractivity (Wildman–Crippen MR) is 35.2 cm³/mol. The second kappa shape index (κ2) is 6.50. The summed E-state index contributed by atoms with van der Waals surface area (Å²) in [6, 6.07) is 5.18. The Morgan fingerprint density at radius 3 is 2.00 bits per heavy atom. The van der Waals surface area contributed by atoms with Gasteiger partial charge in [0, 0.05) is 12.1 Å². The van der Waals surface area contributed by atoms with Crippen molar-refractivity contribution >= 4 is 6.47 Å². The average molecular weight is 157 g/mol. The monoisotopic (exact) mass is 157 g/mol. The minimum atomic E-state index is -0.0694. The van der Waals surface area contributed by atoms with Gasteiger partial charge in [0.2, 0.25) is 0 Å². The second-order valence-electron chi connectivity index (χ2n) is 1.44. The molecule has 1 heterocycles. The van der Waals surface area contributed by atoms with Crippen LogP contribution in [0.25, 0.3) is 0 Å². The van der Waals surface area contributed by atoms with Crippen LogP contribution in [0.5, 0.6) is 0 Å². The topological polar surface area (TPSA) is 73.5 Å². The average Bonchev–Trinajstić information content (AvgIpc) is 2.07. The highest BCUT2D eigenvalue weighted by atomic mass is 17.1. The summed E-state index contributed by atoms with van der Waals surface area (Å²) in [4.78, 5) is 11.6. The first-order valence-corrected chi connectivity index (χ1v) is 2.69.